The fraction of sp³-hybridized carbons (Fsp3) is 0.280. The second kappa shape index (κ2) is 8.19. The van der Waals surface area contributed by atoms with Crippen LogP contribution in [0, 0.1) is 0 Å². The first kappa shape index (κ1) is 20.0. The van der Waals surface area contributed by atoms with Crippen LogP contribution in [0.1, 0.15) is 25.0 Å². The summed E-state index contributed by atoms with van der Waals surface area (Å²) in [5.41, 5.74) is 2.28. The molecule has 0 unspecified atom stereocenters. The maximum atomic E-state index is 13.5. The van der Waals surface area contributed by atoms with Crippen LogP contribution < -0.4 is 5.32 Å². The van der Waals surface area contributed by atoms with Crippen LogP contribution >= 0.6 is 0 Å². The predicted molar refractivity (Wildman–Crippen MR) is 119 cm³/mol. The van der Waals surface area contributed by atoms with Gasteiger partial charge in [-0.3, -0.25) is 9.59 Å². The van der Waals surface area contributed by atoms with Crippen LogP contribution in [-0.4, -0.2) is 39.8 Å². The van der Waals surface area contributed by atoms with Crippen molar-refractivity contribution in [3.63, 3.8) is 0 Å². The van der Waals surface area contributed by atoms with Crippen molar-refractivity contribution in [2.45, 2.75) is 38.3 Å². The minimum absolute atomic E-state index is 0.102. The molecule has 2 N–H and O–H groups in total. The number of fused-ring (bicyclic) bond motifs is 1. The third kappa shape index (κ3) is 3.63. The summed E-state index contributed by atoms with van der Waals surface area (Å²) in [6.07, 6.45) is 7.01. The second-order valence-corrected chi connectivity index (χ2v) is 7.94. The summed E-state index contributed by atoms with van der Waals surface area (Å²) in [6.45, 7) is 3.98. The molecule has 0 fully saturated rings. The molecule has 2 amide bonds. The summed E-state index contributed by atoms with van der Waals surface area (Å²) < 4.78 is 0. The number of aromatic amines is 1. The molecule has 0 spiro atoms. The zero-order chi connectivity index (χ0) is 21.1. The summed E-state index contributed by atoms with van der Waals surface area (Å²) in [7, 11) is 0. The van der Waals surface area contributed by atoms with E-state index in [1.165, 1.54) is 17.9 Å². The lowest BCUT2D eigenvalue weighted by Crippen LogP contribution is -2.60. The standard InChI is InChI=1S/C25H27N3O2/c1-18-12-14-25(28(18)19(2)29,16-20-8-4-3-5-9-20)24(30)26-15-13-21-17-27-23-11-7-6-10-22(21)23/h3-12,14,17-18,27H,13,15-16H2,1-2H3,(H,26,30)/t18-,25+/m1/s1. The first-order valence-corrected chi connectivity index (χ1v) is 10.4. The number of nitrogens with zero attached hydrogens (tertiary/aromatic N) is 1. The number of para-hydroxylation sites is 1. The zero-order valence-corrected chi connectivity index (χ0v) is 17.4. The van der Waals surface area contributed by atoms with E-state index >= 15 is 0 Å². The summed E-state index contributed by atoms with van der Waals surface area (Å²) in [4.78, 5) is 30.9. The van der Waals surface area contributed by atoms with Gasteiger partial charge in [-0.1, -0.05) is 60.7 Å². The van der Waals surface area contributed by atoms with Gasteiger partial charge in [-0.25, -0.2) is 0 Å². The van der Waals surface area contributed by atoms with Gasteiger partial charge in [0.25, 0.3) is 0 Å². The van der Waals surface area contributed by atoms with Crippen molar-refractivity contribution in [3.8, 4) is 0 Å². The van der Waals surface area contributed by atoms with Gasteiger partial charge in [-0.15, -0.1) is 0 Å². The Labute approximate surface area is 176 Å². The third-order valence-corrected chi connectivity index (χ3v) is 5.89. The monoisotopic (exact) mass is 401 g/mol. The predicted octanol–water partition coefficient (Wildman–Crippen LogP) is 3.61. The molecule has 3 aromatic rings. The second-order valence-electron chi connectivity index (χ2n) is 7.94. The Hall–Kier alpha value is -3.34. The topological polar surface area (TPSA) is 65.2 Å². The number of hydrogen-bond acceptors (Lipinski definition) is 2. The molecule has 30 heavy (non-hydrogen) atoms. The quantitative estimate of drug-likeness (QED) is 0.620. The summed E-state index contributed by atoms with van der Waals surface area (Å²) in [5.74, 6) is -0.239. The number of H-pyrrole nitrogens is 1. The van der Waals surface area contributed by atoms with Crippen molar-refractivity contribution >= 4 is 22.7 Å². The molecular weight excluding hydrogens is 374 g/mol. The maximum absolute atomic E-state index is 13.5. The van der Waals surface area contributed by atoms with Gasteiger partial charge in [0.05, 0.1) is 0 Å². The number of carbonyl (C=O) groups is 2. The van der Waals surface area contributed by atoms with E-state index in [1.54, 1.807) is 4.90 Å². The van der Waals surface area contributed by atoms with E-state index in [9.17, 15) is 9.59 Å². The van der Waals surface area contributed by atoms with E-state index in [-0.39, 0.29) is 17.9 Å². The van der Waals surface area contributed by atoms with Crippen molar-refractivity contribution in [2.24, 2.45) is 0 Å². The summed E-state index contributed by atoms with van der Waals surface area (Å²) in [5, 5.41) is 4.27. The van der Waals surface area contributed by atoms with Crippen LogP contribution in [0.3, 0.4) is 0 Å². The molecule has 2 atom stereocenters. The minimum atomic E-state index is -1.01. The molecule has 0 saturated carbocycles. The Morgan fingerprint density at radius 1 is 1.10 bits per heavy atom. The smallest absolute Gasteiger partial charge is 0.250 e. The van der Waals surface area contributed by atoms with E-state index in [1.807, 2.05) is 73.8 Å². The van der Waals surface area contributed by atoms with Crippen molar-refractivity contribution < 1.29 is 9.59 Å². The SMILES string of the molecule is CC(=O)N1[C@H](C)C=C[C@]1(Cc1ccccc1)C(=O)NCCc1c[nH]c2ccccc12. The molecule has 5 nitrogen and oxygen atoms in total. The van der Waals surface area contributed by atoms with E-state index in [2.05, 4.69) is 16.4 Å². The van der Waals surface area contributed by atoms with Gasteiger partial charge in [-0.2, -0.15) is 0 Å². The highest BCUT2D eigenvalue weighted by atomic mass is 16.2. The molecule has 154 valence electrons. The van der Waals surface area contributed by atoms with E-state index < -0.39 is 5.54 Å². The van der Waals surface area contributed by atoms with Crippen molar-refractivity contribution in [1.82, 2.24) is 15.2 Å². The van der Waals surface area contributed by atoms with Crippen LogP contribution in [0.4, 0.5) is 0 Å². The summed E-state index contributed by atoms with van der Waals surface area (Å²) >= 11 is 0. The lowest BCUT2D eigenvalue weighted by Gasteiger charge is -2.38. The Balaban J connectivity index is 1.54. The summed E-state index contributed by atoms with van der Waals surface area (Å²) in [6, 6.07) is 17.9. The number of amides is 2. The van der Waals surface area contributed by atoms with Crippen LogP contribution in [0.2, 0.25) is 0 Å². The molecule has 1 aromatic heterocycles. The Morgan fingerprint density at radius 2 is 1.83 bits per heavy atom. The van der Waals surface area contributed by atoms with E-state index in [0.29, 0.717) is 13.0 Å². The molecule has 2 heterocycles. The molecule has 1 aliphatic heterocycles. The lowest BCUT2D eigenvalue weighted by atomic mass is 9.89. The number of nitrogens with one attached hydrogen (secondary N) is 2. The molecule has 0 saturated heterocycles. The first-order valence-electron chi connectivity index (χ1n) is 10.4. The van der Waals surface area contributed by atoms with Gasteiger partial charge in [0.1, 0.15) is 5.54 Å². The van der Waals surface area contributed by atoms with Gasteiger partial charge in [0.15, 0.2) is 0 Å². The van der Waals surface area contributed by atoms with Crippen LogP contribution in [0.25, 0.3) is 10.9 Å². The molecule has 0 radical (unpaired) electrons. The fourth-order valence-corrected chi connectivity index (χ4v) is 4.51. The van der Waals surface area contributed by atoms with E-state index in [4.69, 9.17) is 0 Å². The van der Waals surface area contributed by atoms with Crippen LogP contribution in [-0.2, 0) is 22.4 Å². The average molecular weight is 402 g/mol. The van der Waals surface area contributed by atoms with Gasteiger partial charge >= 0.3 is 0 Å². The van der Waals surface area contributed by atoms with E-state index in [0.717, 1.165) is 17.5 Å². The number of aromatic nitrogens is 1. The normalized spacial score (nSPS) is 20.6. The molecule has 4 rings (SSSR count). The molecule has 1 aliphatic rings. The van der Waals surface area contributed by atoms with Gasteiger partial charge in [-0.05, 0) is 30.5 Å². The Kier molecular flexibility index (Phi) is 5.44. The average Bonchev–Trinajstić information content (AvgIpc) is 3.30. The Bertz CT molecular complexity index is 1090. The first-order chi connectivity index (χ1) is 14.5. The molecule has 0 bridgehead atoms. The largest absolute Gasteiger partial charge is 0.361 e. The fourth-order valence-electron chi connectivity index (χ4n) is 4.51. The molecule has 0 aliphatic carbocycles. The van der Waals surface area contributed by atoms with Crippen molar-refractivity contribution in [1.29, 1.82) is 0 Å². The zero-order valence-electron chi connectivity index (χ0n) is 17.4. The van der Waals surface area contributed by atoms with Crippen LogP contribution in [0.15, 0.2) is 72.9 Å². The molecular formula is C25H27N3O2. The van der Waals surface area contributed by atoms with Crippen molar-refractivity contribution in [2.75, 3.05) is 6.54 Å². The highest BCUT2D eigenvalue weighted by Gasteiger charge is 2.48. The third-order valence-electron chi connectivity index (χ3n) is 5.89. The highest BCUT2D eigenvalue weighted by Crippen LogP contribution is 2.32. The minimum Gasteiger partial charge on any atom is -0.361 e. The van der Waals surface area contributed by atoms with Gasteiger partial charge in [0.2, 0.25) is 11.8 Å². The Morgan fingerprint density at radius 3 is 2.60 bits per heavy atom. The van der Waals surface area contributed by atoms with Gasteiger partial charge in [0, 0.05) is 43.0 Å². The molecule has 5 heteroatoms. The lowest BCUT2D eigenvalue weighted by molar-refractivity contribution is -0.143. The maximum Gasteiger partial charge on any atom is 0.250 e. The molecule has 2 aromatic carbocycles. The number of hydrogen-bond donors (Lipinski definition) is 2. The van der Waals surface area contributed by atoms with Crippen molar-refractivity contribution in [3.05, 3.63) is 84.1 Å². The number of rotatable bonds is 6. The van der Waals surface area contributed by atoms with Crippen LogP contribution in [0.5, 0.6) is 0 Å². The number of carbonyl (C=O) groups excluding carboxylic acids is 2. The number of benzene rings is 2. The van der Waals surface area contributed by atoms with Gasteiger partial charge < -0.3 is 15.2 Å². The highest BCUT2D eigenvalue weighted by molar-refractivity contribution is 5.94.